The van der Waals surface area contributed by atoms with Gasteiger partial charge in [0.05, 0.1) is 74.9 Å². The number of aliphatic hydroxyl groups excluding tert-OH is 1. The van der Waals surface area contributed by atoms with Gasteiger partial charge in [-0.05, 0) is 76.7 Å². The third kappa shape index (κ3) is 10.5. The lowest BCUT2D eigenvalue weighted by atomic mass is 10.0. The van der Waals surface area contributed by atoms with Gasteiger partial charge in [0.15, 0.2) is 23.0 Å². The summed E-state index contributed by atoms with van der Waals surface area (Å²) >= 11 is 0. The smallest absolute Gasteiger partial charge is 0.305 e. The number of methoxy groups -OCH3 is 2. The fraction of sp³-hybridized carbons (Fsp3) is 0.288. The highest BCUT2D eigenvalue weighted by molar-refractivity contribution is 6.15. The first-order valence-corrected chi connectivity index (χ1v) is 23.2. The van der Waals surface area contributed by atoms with Gasteiger partial charge in [-0.1, -0.05) is 36.4 Å². The highest BCUT2D eigenvalue weighted by Gasteiger charge is 2.39. The maximum Gasteiger partial charge on any atom is 0.305 e. The molecule has 0 aliphatic carbocycles. The second kappa shape index (κ2) is 21.2. The highest BCUT2D eigenvalue weighted by Crippen LogP contribution is 2.43. The molecule has 0 fully saturated rings. The van der Waals surface area contributed by atoms with Crippen molar-refractivity contribution in [2.75, 3.05) is 62.1 Å². The van der Waals surface area contributed by atoms with Crippen LogP contribution in [-0.2, 0) is 45.2 Å². The molecule has 20 nitrogen and oxygen atoms in total. The van der Waals surface area contributed by atoms with E-state index in [-0.39, 0.29) is 50.1 Å². The minimum absolute atomic E-state index is 0.0360. The number of nitrogens with one attached hydrogen (secondary N) is 5. The molecule has 9 rings (SSSR count). The van der Waals surface area contributed by atoms with Gasteiger partial charge >= 0.3 is 5.97 Å². The summed E-state index contributed by atoms with van der Waals surface area (Å²) in [7, 11) is 2.97. The molecule has 5 aromatic carbocycles. The second-order valence-electron chi connectivity index (χ2n) is 17.5. The molecule has 72 heavy (non-hydrogen) atoms. The van der Waals surface area contributed by atoms with Gasteiger partial charge in [-0.25, -0.2) is 0 Å². The summed E-state index contributed by atoms with van der Waals surface area (Å²) in [6.45, 7) is -0.957. The van der Waals surface area contributed by atoms with Crippen molar-refractivity contribution in [3.8, 4) is 23.0 Å². The number of ether oxygens (including phenoxy) is 4. The normalized spacial score (nSPS) is 16.3. The number of fused-ring (bicyclic) bond motifs is 8. The average molecular weight is 981 g/mol. The van der Waals surface area contributed by atoms with Crippen molar-refractivity contribution >= 4 is 64.5 Å². The predicted octanol–water partition coefficient (Wildman–Crippen LogP) is 3.55. The number of aliphatic imine (C=N–C) groups is 1. The van der Waals surface area contributed by atoms with E-state index >= 15 is 0 Å². The summed E-state index contributed by atoms with van der Waals surface area (Å²) in [6.07, 6.45) is 1.44. The molecule has 372 valence electrons. The maximum absolute atomic E-state index is 14.1. The van der Waals surface area contributed by atoms with Crippen LogP contribution in [0.3, 0.4) is 0 Å². The lowest BCUT2D eigenvalue weighted by Crippen LogP contribution is -2.44. The number of carboxylic acid groups (broad SMARTS) is 1. The third-order valence-corrected chi connectivity index (χ3v) is 12.7. The van der Waals surface area contributed by atoms with Crippen LogP contribution in [0, 0.1) is 0 Å². The fourth-order valence-corrected chi connectivity index (χ4v) is 9.20. The van der Waals surface area contributed by atoms with E-state index in [2.05, 4.69) is 26.6 Å². The van der Waals surface area contributed by atoms with Crippen molar-refractivity contribution in [2.24, 2.45) is 4.99 Å². The molecule has 5 amide bonds. The van der Waals surface area contributed by atoms with E-state index in [1.54, 1.807) is 47.5 Å². The van der Waals surface area contributed by atoms with E-state index in [9.17, 15) is 33.9 Å². The summed E-state index contributed by atoms with van der Waals surface area (Å²) in [4.78, 5) is 84.0. The van der Waals surface area contributed by atoms with Crippen LogP contribution >= 0.6 is 0 Å². The van der Waals surface area contributed by atoms with Crippen LogP contribution in [0.4, 0.5) is 22.7 Å². The molecular weight excluding hydrogens is 929 g/mol. The van der Waals surface area contributed by atoms with Gasteiger partial charge in [0.1, 0.15) is 19.4 Å². The van der Waals surface area contributed by atoms with Gasteiger partial charge in [-0.3, -0.25) is 44.0 Å². The number of carbonyl (C=O) groups is 6. The van der Waals surface area contributed by atoms with Crippen LogP contribution in [-0.4, -0.2) is 111 Å². The molecule has 0 bridgehead atoms. The Morgan fingerprint density at radius 3 is 1.96 bits per heavy atom. The summed E-state index contributed by atoms with van der Waals surface area (Å²) < 4.78 is 24.2. The Bertz CT molecular complexity index is 3000. The van der Waals surface area contributed by atoms with Crippen molar-refractivity contribution in [3.63, 3.8) is 0 Å². The number of hydrogen-bond acceptors (Lipinski definition) is 14. The highest BCUT2D eigenvalue weighted by atomic mass is 16.5. The Morgan fingerprint density at radius 2 is 1.29 bits per heavy atom. The molecule has 4 aliphatic rings. The molecule has 5 aromatic rings. The Labute approximate surface area is 413 Å². The Hall–Kier alpha value is -8.49. The quantitative estimate of drug-likeness (QED) is 0.0585. The zero-order chi connectivity index (χ0) is 50.5. The molecule has 0 radical (unpaired) electrons. The number of aliphatic carboxylic acids is 1. The average Bonchev–Trinajstić information content (AvgIpc) is 3.88. The first-order valence-electron chi connectivity index (χ1n) is 23.2. The van der Waals surface area contributed by atoms with E-state index in [1.807, 2.05) is 59.5 Å². The Balaban J connectivity index is 0.915. The lowest BCUT2D eigenvalue weighted by molar-refractivity contribution is -0.137. The van der Waals surface area contributed by atoms with Crippen molar-refractivity contribution in [1.29, 1.82) is 0 Å². The maximum atomic E-state index is 14.1. The molecule has 4 heterocycles. The van der Waals surface area contributed by atoms with Gasteiger partial charge in [0.25, 0.3) is 11.8 Å². The van der Waals surface area contributed by atoms with E-state index in [0.29, 0.717) is 75.2 Å². The number of rotatable bonds is 19. The van der Waals surface area contributed by atoms with E-state index in [0.717, 1.165) is 28.9 Å². The zero-order valence-electron chi connectivity index (χ0n) is 39.4. The molecule has 3 atom stereocenters. The van der Waals surface area contributed by atoms with Crippen molar-refractivity contribution in [2.45, 2.75) is 50.8 Å². The lowest BCUT2D eigenvalue weighted by Gasteiger charge is -2.23. The summed E-state index contributed by atoms with van der Waals surface area (Å²) in [5.41, 5.74) is 7.17. The number of carbonyl (C=O) groups excluding carboxylic acids is 5. The standard InChI is InChI=1S/C52H52N8O12/c1-69-42-18-36-38(54-22-34-16-31-7-3-5-9-40(31)59(34)51(36)67)20-44(42)71-27-29-13-30(15-33(14-29)50(66)58-26-48(63)57-25-47(62)56-24-46(61)53-12-11-49(64)65)28-72-45-21-39-37(19-43(45)70-2)52(68)60-35(23-55-39)17-32-8-4-6-10-41(32)60/h3-10,13-15,18-22,34-35,50,55,58,66H,11-12,16-17,23-28H2,1-2H3,(H,53,61)(H,56,62)(H,57,63)(H,64,65)/t34-,35-,50?/m0/s1. The number of hydrogen-bond donors (Lipinski definition) is 7. The molecule has 0 saturated heterocycles. The van der Waals surface area contributed by atoms with Crippen LogP contribution in [0.15, 0.2) is 96.0 Å². The summed E-state index contributed by atoms with van der Waals surface area (Å²) in [5.74, 6) is -2.04. The molecular formula is C52H52N8O12. The minimum atomic E-state index is -1.41. The molecule has 0 spiro atoms. The van der Waals surface area contributed by atoms with Gasteiger partial charge in [0.2, 0.25) is 17.7 Å². The zero-order valence-corrected chi connectivity index (χ0v) is 39.4. The van der Waals surface area contributed by atoms with Crippen LogP contribution in [0.2, 0.25) is 0 Å². The number of aliphatic hydroxyl groups is 1. The number of amides is 5. The van der Waals surface area contributed by atoms with Crippen LogP contribution in [0.25, 0.3) is 0 Å². The minimum Gasteiger partial charge on any atom is -0.493 e. The number of anilines is 3. The predicted molar refractivity (Wildman–Crippen MR) is 263 cm³/mol. The second-order valence-corrected chi connectivity index (χ2v) is 17.5. The van der Waals surface area contributed by atoms with Gasteiger partial charge < -0.3 is 55.3 Å². The SMILES string of the molecule is COc1cc2c(cc1OCc1cc(COc3cc4c(cc3OC)C(=O)N3c5ccccc5C[C@H]3CN4)cc(C(O)NCC(=O)NCC(=O)NCC(=O)NCCC(=O)O)c1)N=C[C@@H]1Cc3ccccc3N1C2=O. The number of carboxylic acids is 1. The molecule has 0 aromatic heterocycles. The number of nitrogens with zero attached hydrogens (tertiary/aromatic N) is 3. The van der Waals surface area contributed by atoms with Crippen LogP contribution in [0.5, 0.6) is 23.0 Å². The molecule has 7 N–H and O–H groups in total. The van der Waals surface area contributed by atoms with Crippen molar-refractivity contribution in [3.05, 3.63) is 130 Å². The van der Waals surface area contributed by atoms with Gasteiger partial charge in [0, 0.05) is 49.2 Å². The Kier molecular flexibility index (Phi) is 14.3. The fourth-order valence-electron chi connectivity index (χ4n) is 9.20. The monoisotopic (exact) mass is 980 g/mol. The Morgan fingerprint density at radius 1 is 0.708 bits per heavy atom. The largest absolute Gasteiger partial charge is 0.493 e. The molecule has 0 saturated carbocycles. The molecule has 20 heteroatoms. The molecule has 1 unspecified atom stereocenters. The van der Waals surface area contributed by atoms with E-state index < -0.39 is 49.6 Å². The number of benzene rings is 5. The summed E-state index contributed by atoms with van der Waals surface area (Å²) in [6, 6.07) is 27.2. The van der Waals surface area contributed by atoms with Gasteiger partial charge in [-0.15, -0.1) is 0 Å². The third-order valence-electron chi connectivity index (χ3n) is 12.7. The molecule has 4 aliphatic heterocycles. The van der Waals surface area contributed by atoms with E-state index in [4.69, 9.17) is 29.0 Å². The first-order chi connectivity index (χ1) is 34.9. The topological polar surface area (TPSA) is 259 Å². The summed E-state index contributed by atoms with van der Waals surface area (Å²) in [5, 5.41) is 33.5. The van der Waals surface area contributed by atoms with Crippen molar-refractivity contribution < 1.29 is 57.9 Å². The van der Waals surface area contributed by atoms with E-state index in [1.165, 1.54) is 14.2 Å². The van der Waals surface area contributed by atoms with Crippen molar-refractivity contribution in [1.82, 2.24) is 21.3 Å². The first kappa shape index (κ1) is 48.5. The van der Waals surface area contributed by atoms with Crippen LogP contribution in [0.1, 0.15) is 61.2 Å². The van der Waals surface area contributed by atoms with Crippen LogP contribution < -0.4 is 55.3 Å². The van der Waals surface area contributed by atoms with Gasteiger partial charge in [-0.2, -0.15) is 0 Å². The number of para-hydroxylation sites is 2.